The monoisotopic (exact) mass is 310 g/mol. The fraction of sp³-hybridized carbons (Fsp3) is 0.625. The molecule has 1 N–H and O–H groups in total. The lowest BCUT2D eigenvalue weighted by molar-refractivity contribution is 0.178. The number of likely N-dealkylation sites (tertiary alicyclic amines) is 1. The SMILES string of the molecule is CC(C)NC1CCCN(Cc2ccc(S(C)(=O)=O)cc2)C1. The van der Waals surface area contributed by atoms with E-state index in [0.29, 0.717) is 17.0 Å². The van der Waals surface area contributed by atoms with Crippen LogP contribution in [0.3, 0.4) is 0 Å². The molecule has 2 rings (SSSR count). The van der Waals surface area contributed by atoms with Crippen LogP contribution >= 0.6 is 0 Å². The summed E-state index contributed by atoms with van der Waals surface area (Å²) in [5, 5.41) is 3.61. The van der Waals surface area contributed by atoms with Crippen molar-refractivity contribution in [1.82, 2.24) is 10.2 Å². The van der Waals surface area contributed by atoms with Gasteiger partial charge in [0.15, 0.2) is 9.84 Å². The molecule has 1 saturated heterocycles. The van der Waals surface area contributed by atoms with E-state index in [0.717, 1.165) is 19.6 Å². The number of benzene rings is 1. The van der Waals surface area contributed by atoms with Crippen molar-refractivity contribution in [2.45, 2.75) is 50.2 Å². The maximum atomic E-state index is 11.5. The lowest BCUT2D eigenvalue weighted by Crippen LogP contribution is -2.47. The van der Waals surface area contributed by atoms with Gasteiger partial charge in [-0.05, 0) is 37.1 Å². The van der Waals surface area contributed by atoms with Gasteiger partial charge in [-0.1, -0.05) is 26.0 Å². The lowest BCUT2D eigenvalue weighted by Gasteiger charge is -2.34. The first-order chi connectivity index (χ1) is 9.84. The summed E-state index contributed by atoms with van der Waals surface area (Å²) in [5.74, 6) is 0. The van der Waals surface area contributed by atoms with E-state index in [9.17, 15) is 8.42 Å². The summed E-state index contributed by atoms with van der Waals surface area (Å²) in [5.41, 5.74) is 1.17. The fourth-order valence-corrected chi connectivity index (χ4v) is 3.54. The highest BCUT2D eigenvalue weighted by molar-refractivity contribution is 7.90. The van der Waals surface area contributed by atoms with Crippen molar-refractivity contribution in [2.75, 3.05) is 19.3 Å². The van der Waals surface area contributed by atoms with Gasteiger partial charge in [0, 0.05) is 31.4 Å². The van der Waals surface area contributed by atoms with E-state index >= 15 is 0 Å². The molecule has 5 heteroatoms. The summed E-state index contributed by atoms with van der Waals surface area (Å²) in [4.78, 5) is 2.84. The third-order valence-corrected chi connectivity index (χ3v) is 4.96. The quantitative estimate of drug-likeness (QED) is 0.904. The maximum absolute atomic E-state index is 11.5. The zero-order valence-corrected chi connectivity index (χ0v) is 14.0. The van der Waals surface area contributed by atoms with E-state index in [1.165, 1.54) is 24.7 Å². The van der Waals surface area contributed by atoms with E-state index in [2.05, 4.69) is 24.1 Å². The Hall–Kier alpha value is -0.910. The Morgan fingerprint density at radius 3 is 2.52 bits per heavy atom. The van der Waals surface area contributed by atoms with Crippen LogP contribution < -0.4 is 5.32 Å². The molecule has 4 nitrogen and oxygen atoms in total. The topological polar surface area (TPSA) is 49.4 Å². The Morgan fingerprint density at radius 1 is 1.29 bits per heavy atom. The highest BCUT2D eigenvalue weighted by atomic mass is 32.2. The predicted molar refractivity (Wildman–Crippen MR) is 86.1 cm³/mol. The molecule has 0 aliphatic carbocycles. The van der Waals surface area contributed by atoms with Crippen molar-refractivity contribution < 1.29 is 8.42 Å². The van der Waals surface area contributed by atoms with Gasteiger partial charge in [-0.3, -0.25) is 4.90 Å². The molecule has 21 heavy (non-hydrogen) atoms. The van der Waals surface area contributed by atoms with Crippen LogP contribution in [0.2, 0.25) is 0 Å². The maximum Gasteiger partial charge on any atom is 0.175 e. The van der Waals surface area contributed by atoms with Crippen LogP contribution in [0.25, 0.3) is 0 Å². The summed E-state index contributed by atoms with van der Waals surface area (Å²) >= 11 is 0. The van der Waals surface area contributed by atoms with Gasteiger partial charge < -0.3 is 5.32 Å². The van der Waals surface area contributed by atoms with Gasteiger partial charge >= 0.3 is 0 Å². The molecular weight excluding hydrogens is 284 g/mol. The number of hydrogen-bond acceptors (Lipinski definition) is 4. The minimum absolute atomic E-state index is 0.393. The minimum atomic E-state index is -3.10. The molecule has 0 amide bonds. The minimum Gasteiger partial charge on any atom is -0.311 e. The van der Waals surface area contributed by atoms with Crippen LogP contribution in [0.5, 0.6) is 0 Å². The Balaban J connectivity index is 1.95. The molecule has 1 heterocycles. The average Bonchev–Trinajstić information content (AvgIpc) is 2.38. The molecule has 1 fully saturated rings. The van der Waals surface area contributed by atoms with E-state index in [-0.39, 0.29) is 0 Å². The van der Waals surface area contributed by atoms with E-state index < -0.39 is 9.84 Å². The van der Waals surface area contributed by atoms with Crippen molar-refractivity contribution in [3.05, 3.63) is 29.8 Å². The van der Waals surface area contributed by atoms with Crippen LogP contribution in [-0.2, 0) is 16.4 Å². The van der Waals surface area contributed by atoms with Gasteiger partial charge in [0.2, 0.25) is 0 Å². The highest BCUT2D eigenvalue weighted by Crippen LogP contribution is 2.16. The standard InChI is InChI=1S/C16H26N2O2S/c1-13(2)17-15-5-4-10-18(12-15)11-14-6-8-16(9-7-14)21(3,19)20/h6-9,13,15,17H,4-5,10-12H2,1-3H3. The molecule has 1 aromatic rings. The Morgan fingerprint density at radius 2 is 1.95 bits per heavy atom. The van der Waals surface area contributed by atoms with E-state index in [4.69, 9.17) is 0 Å². The van der Waals surface area contributed by atoms with Gasteiger partial charge in [0.1, 0.15) is 0 Å². The Labute approximate surface area is 128 Å². The van der Waals surface area contributed by atoms with Crippen molar-refractivity contribution in [2.24, 2.45) is 0 Å². The number of nitrogens with zero attached hydrogens (tertiary/aromatic N) is 1. The van der Waals surface area contributed by atoms with Crippen LogP contribution in [-0.4, -0.2) is 44.7 Å². The van der Waals surface area contributed by atoms with Gasteiger partial charge in [-0.15, -0.1) is 0 Å². The number of hydrogen-bond donors (Lipinski definition) is 1. The third kappa shape index (κ3) is 5.09. The van der Waals surface area contributed by atoms with Crippen molar-refractivity contribution in [3.8, 4) is 0 Å². The van der Waals surface area contributed by atoms with Crippen LogP contribution in [0, 0.1) is 0 Å². The number of nitrogens with one attached hydrogen (secondary N) is 1. The number of piperidine rings is 1. The number of rotatable bonds is 5. The Bertz CT molecular complexity index is 552. The van der Waals surface area contributed by atoms with E-state index in [1.54, 1.807) is 12.1 Å². The molecule has 0 spiro atoms. The second-order valence-electron chi connectivity index (χ2n) is 6.31. The van der Waals surface area contributed by atoms with Crippen molar-refractivity contribution >= 4 is 9.84 Å². The largest absolute Gasteiger partial charge is 0.311 e. The molecule has 0 aromatic heterocycles. The van der Waals surface area contributed by atoms with Gasteiger partial charge in [0.25, 0.3) is 0 Å². The average molecular weight is 310 g/mol. The first-order valence-electron chi connectivity index (χ1n) is 7.62. The third-order valence-electron chi connectivity index (χ3n) is 3.83. The van der Waals surface area contributed by atoms with Crippen molar-refractivity contribution in [1.29, 1.82) is 0 Å². The smallest absolute Gasteiger partial charge is 0.175 e. The van der Waals surface area contributed by atoms with Gasteiger partial charge in [-0.2, -0.15) is 0 Å². The Kier molecular flexibility index (Phi) is 5.41. The zero-order chi connectivity index (χ0) is 15.5. The number of sulfone groups is 1. The van der Waals surface area contributed by atoms with E-state index in [1.807, 2.05) is 12.1 Å². The molecule has 1 aromatic carbocycles. The molecule has 0 bridgehead atoms. The zero-order valence-electron chi connectivity index (χ0n) is 13.2. The normalized spacial score (nSPS) is 20.9. The molecule has 118 valence electrons. The molecule has 1 atom stereocenters. The molecule has 1 aliphatic heterocycles. The lowest BCUT2D eigenvalue weighted by atomic mass is 10.0. The molecule has 1 unspecified atom stereocenters. The first kappa shape index (κ1) is 16.5. The summed E-state index contributed by atoms with van der Waals surface area (Å²) in [6.07, 6.45) is 3.70. The molecule has 0 radical (unpaired) electrons. The second kappa shape index (κ2) is 6.90. The fourth-order valence-electron chi connectivity index (χ4n) is 2.91. The first-order valence-corrected chi connectivity index (χ1v) is 9.51. The van der Waals surface area contributed by atoms with Crippen LogP contribution in [0.4, 0.5) is 0 Å². The highest BCUT2D eigenvalue weighted by Gasteiger charge is 2.20. The summed E-state index contributed by atoms with van der Waals surface area (Å²) in [7, 11) is -3.10. The summed E-state index contributed by atoms with van der Waals surface area (Å²) in [6, 6.07) is 8.35. The van der Waals surface area contributed by atoms with Gasteiger partial charge in [-0.25, -0.2) is 8.42 Å². The molecule has 0 saturated carbocycles. The van der Waals surface area contributed by atoms with Crippen molar-refractivity contribution in [3.63, 3.8) is 0 Å². The summed E-state index contributed by atoms with van der Waals surface area (Å²) < 4.78 is 22.9. The second-order valence-corrected chi connectivity index (χ2v) is 8.33. The van der Waals surface area contributed by atoms with Gasteiger partial charge in [0.05, 0.1) is 4.90 Å². The molecular formula is C16H26N2O2S. The van der Waals surface area contributed by atoms with Crippen LogP contribution in [0.1, 0.15) is 32.3 Å². The van der Waals surface area contributed by atoms with Crippen LogP contribution in [0.15, 0.2) is 29.2 Å². The summed E-state index contributed by atoms with van der Waals surface area (Å²) in [6.45, 7) is 7.43. The predicted octanol–water partition coefficient (Wildman–Crippen LogP) is 2.05. The molecule has 1 aliphatic rings.